The number of hydrogen-bond acceptors (Lipinski definition) is 6. The molecule has 0 rings (SSSR count). The van der Waals surface area contributed by atoms with E-state index in [-0.39, 0.29) is 31.1 Å². The maximum absolute atomic E-state index is 12.9. The summed E-state index contributed by atoms with van der Waals surface area (Å²) < 4.78 is 17.0. The lowest BCUT2D eigenvalue weighted by atomic mass is 10.0. The molecule has 0 amide bonds. The number of ether oxygens (including phenoxy) is 3. The zero-order chi connectivity index (χ0) is 58.5. The number of esters is 3. The van der Waals surface area contributed by atoms with Crippen LogP contribution >= 0.6 is 0 Å². The third-order valence-electron chi connectivity index (χ3n) is 15.7. The molecule has 470 valence electrons. The molecule has 0 aliphatic heterocycles. The van der Waals surface area contributed by atoms with Crippen molar-refractivity contribution in [2.24, 2.45) is 0 Å². The Bertz CT molecular complexity index is 1490. The van der Waals surface area contributed by atoms with Gasteiger partial charge in [0, 0.05) is 19.3 Å². The first kappa shape index (κ1) is 77.9. The van der Waals surface area contributed by atoms with Crippen molar-refractivity contribution in [3.8, 4) is 0 Å². The molecule has 0 heterocycles. The summed E-state index contributed by atoms with van der Waals surface area (Å²) in [6.45, 7) is 6.55. The molecule has 0 fully saturated rings. The molecular formula is C75H134O6. The highest BCUT2D eigenvalue weighted by atomic mass is 16.6. The van der Waals surface area contributed by atoms with E-state index in [4.69, 9.17) is 14.2 Å². The Balaban J connectivity index is 4.25. The normalized spacial score (nSPS) is 12.5. The SMILES string of the molecule is CC/C=C\C/C=C\C/C=C\CCCCCCCC(=O)OCC(COC(=O)CCCCCCCCCCCCCCCCCCC/C=C\C/C=C\CCCCCCC)OC(=O)CCCCCCCCCCC/C=C\CCCCCCCC. The van der Waals surface area contributed by atoms with Gasteiger partial charge in [0.1, 0.15) is 13.2 Å². The lowest BCUT2D eigenvalue weighted by Crippen LogP contribution is -2.30. The van der Waals surface area contributed by atoms with Crippen LogP contribution in [0.15, 0.2) is 72.9 Å². The van der Waals surface area contributed by atoms with Crippen molar-refractivity contribution < 1.29 is 28.6 Å². The van der Waals surface area contributed by atoms with Gasteiger partial charge in [0.2, 0.25) is 0 Å². The summed E-state index contributed by atoms with van der Waals surface area (Å²) in [5.41, 5.74) is 0. The van der Waals surface area contributed by atoms with E-state index in [0.717, 1.165) is 103 Å². The fraction of sp³-hybridized carbons (Fsp3) is 0.800. The molecule has 81 heavy (non-hydrogen) atoms. The molecule has 0 N–H and O–H groups in total. The fourth-order valence-electron chi connectivity index (χ4n) is 10.4. The third-order valence-corrected chi connectivity index (χ3v) is 15.7. The van der Waals surface area contributed by atoms with Crippen LogP contribution in [0.4, 0.5) is 0 Å². The van der Waals surface area contributed by atoms with E-state index in [1.807, 2.05) is 0 Å². The first-order chi connectivity index (χ1) is 40.0. The summed E-state index contributed by atoms with van der Waals surface area (Å²) in [5, 5.41) is 0. The summed E-state index contributed by atoms with van der Waals surface area (Å²) >= 11 is 0. The Hall–Kier alpha value is -3.15. The Morgan fingerprint density at radius 1 is 0.259 bits per heavy atom. The number of carbonyl (C=O) groups excluding carboxylic acids is 3. The smallest absolute Gasteiger partial charge is 0.306 e. The minimum Gasteiger partial charge on any atom is -0.462 e. The standard InChI is InChI=1S/C75H134O6/c1-4-7-10-13-16-19-22-25-28-30-32-33-34-35-36-37-38-39-40-41-43-44-47-50-53-56-59-62-65-68-74(77)80-71-72(70-79-73(76)67-64-61-58-55-52-49-46-27-24-21-18-15-12-9-6-3)81-75(78)69-66-63-60-57-54-51-48-45-42-31-29-26-23-20-17-14-11-8-5-2/h9,12,18,21-22,25-27,29-30,32,46,72H,4-8,10-11,13-17,19-20,23-24,28,31,33-45,47-71H2,1-3H3/b12-9-,21-18-,25-22-,29-26-,32-30-,46-27-. The van der Waals surface area contributed by atoms with Crippen LogP contribution in [0.2, 0.25) is 0 Å². The number of hydrogen-bond donors (Lipinski definition) is 0. The highest BCUT2D eigenvalue weighted by Gasteiger charge is 2.19. The topological polar surface area (TPSA) is 78.9 Å². The van der Waals surface area contributed by atoms with Crippen molar-refractivity contribution in [2.45, 2.75) is 374 Å². The summed E-state index contributed by atoms with van der Waals surface area (Å²) in [5.74, 6) is -0.878. The first-order valence-corrected chi connectivity index (χ1v) is 35.4. The van der Waals surface area contributed by atoms with Gasteiger partial charge in [0.05, 0.1) is 0 Å². The molecule has 1 atom stereocenters. The maximum Gasteiger partial charge on any atom is 0.306 e. The van der Waals surface area contributed by atoms with Crippen molar-refractivity contribution in [3.05, 3.63) is 72.9 Å². The predicted octanol–water partition coefficient (Wildman–Crippen LogP) is 24.4. The van der Waals surface area contributed by atoms with Crippen LogP contribution < -0.4 is 0 Å². The van der Waals surface area contributed by atoms with Gasteiger partial charge in [0.15, 0.2) is 6.10 Å². The Morgan fingerprint density at radius 2 is 0.481 bits per heavy atom. The van der Waals surface area contributed by atoms with E-state index in [0.29, 0.717) is 19.3 Å². The van der Waals surface area contributed by atoms with Gasteiger partial charge in [-0.3, -0.25) is 14.4 Å². The molecule has 0 aromatic heterocycles. The van der Waals surface area contributed by atoms with Crippen LogP contribution in [0.1, 0.15) is 367 Å². The zero-order valence-electron chi connectivity index (χ0n) is 54.1. The third kappa shape index (κ3) is 67.5. The molecule has 0 saturated heterocycles. The molecule has 0 aromatic carbocycles. The Morgan fingerprint density at radius 3 is 0.765 bits per heavy atom. The van der Waals surface area contributed by atoms with Gasteiger partial charge < -0.3 is 14.2 Å². The molecule has 0 aromatic rings. The Labute approximate surface area is 503 Å². The van der Waals surface area contributed by atoms with Crippen molar-refractivity contribution in [1.29, 1.82) is 0 Å². The minimum atomic E-state index is -0.784. The second kappa shape index (κ2) is 69.3. The lowest BCUT2D eigenvalue weighted by molar-refractivity contribution is -0.167. The second-order valence-corrected chi connectivity index (χ2v) is 23.8. The van der Waals surface area contributed by atoms with Crippen LogP contribution in [0.25, 0.3) is 0 Å². The highest BCUT2D eigenvalue weighted by molar-refractivity contribution is 5.71. The van der Waals surface area contributed by atoms with Gasteiger partial charge in [-0.1, -0.05) is 312 Å². The van der Waals surface area contributed by atoms with E-state index >= 15 is 0 Å². The van der Waals surface area contributed by atoms with Crippen molar-refractivity contribution in [2.75, 3.05) is 13.2 Å². The van der Waals surface area contributed by atoms with Gasteiger partial charge in [0.25, 0.3) is 0 Å². The average Bonchev–Trinajstić information content (AvgIpc) is 3.47. The minimum absolute atomic E-state index is 0.0787. The molecule has 0 aliphatic rings. The molecule has 0 radical (unpaired) electrons. The van der Waals surface area contributed by atoms with Crippen LogP contribution in [0.3, 0.4) is 0 Å². The molecular weight excluding hydrogens is 997 g/mol. The van der Waals surface area contributed by atoms with Gasteiger partial charge in [-0.25, -0.2) is 0 Å². The van der Waals surface area contributed by atoms with E-state index in [1.165, 1.54) is 225 Å². The van der Waals surface area contributed by atoms with E-state index < -0.39 is 6.10 Å². The quantitative estimate of drug-likeness (QED) is 0.0261. The Kier molecular flexibility index (Phi) is 66.6. The summed E-state index contributed by atoms with van der Waals surface area (Å²) in [6.07, 6.45) is 90.8. The fourth-order valence-corrected chi connectivity index (χ4v) is 10.4. The predicted molar refractivity (Wildman–Crippen MR) is 353 cm³/mol. The van der Waals surface area contributed by atoms with Crippen molar-refractivity contribution >= 4 is 17.9 Å². The zero-order valence-corrected chi connectivity index (χ0v) is 54.1. The van der Waals surface area contributed by atoms with E-state index in [2.05, 4.69) is 93.7 Å². The summed E-state index contributed by atoms with van der Waals surface area (Å²) in [7, 11) is 0. The highest BCUT2D eigenvalue weighted by Crippen LogP contribution is 2.18. The van der Waals surface area contributed by atoms with Crippen molar-refractivity contribution in [1.82, 2.24) is 0 Å². The van der Waals surface area contributed by atoms with Crippen LogP contribution in [-0.2, 0) is 28.6 Å². The molecule has 0 spiro atoms. The van der Waals surface area contributed by atoms with Gasteiger partial charge in [-0.15, -0.1) is 0 Å². The number of carbonyl (C=O) groups is 3. The van der Waals surface area contributed by atoms with Gasteiger partial charge in [-0.05, 0) is 109 Å². The number of unbranched alkanes of at least 4 members (excludes halogenated alkanes) is 42. The van der Waals surface area contributed by atoms with Gasteiger partial charge >= 0.3 is 17.9 Å². The first-order valence-electron chi connectivity index (χ1n) is 35.4. The lowest BCUT2D eigenvalue weighted by Gasteiger charge is -2.18. The molecule has 6 nitrogen and oxygen atoms in total. The van der Waals surface area contributed by atoms with Crippen LogP contribution in [0.5, 0.6) is 0 Å². The van der Waals surface area contributed by atoms with E-state index in [9.17, 15) is 14.4 Å². The summed E-state index contributed by atoms with van der Waals surface area (Å²) in [4.78, 5) is 38.4. The van der Waals surface area contributed by atoms with Crippen LogP contribution in [0, 0.1) is 0 Å². The van der Waals surface area contributed by atoms with E-state index in [1.54, 1.807) is 0 Å². The van der Waals surface area contributed by atoms with Crippen molar-refractivity contribution in [3.63, 3.8) is 0 Å². The monoisotopic (exact) mass is 1130 g/mol. The van der Waals surface area contributed by atoms with Gasteiger partial charge in [-0.2, -0.15) is 0 Å². The molecule has 0 saturated carbocycles. The number of allylic oxidation sites excluding steroid dienone is 12. The average molecular weight is 1130 g/mol. The summed E-state index contributed by atoms with van der Waals surface area (Å²) in [6, 6.07) is 0. The largest absolute Gasteiger partial charge is 0.462 e. The molecule has 0 aliphatic carbocycles. The second-order valence-electron chi connectivity index (χ2n) is 23.8. The number of rotatable bonds is 65. The molecule has 0 bridgehead atoms. The molecule has 6 heteroatoms. The molecule has 1 unspecified atom stereocenters. The maximum atomic E-state index is 12.9. The van der Waals surface area contributed by atoms with Crippen LogP contribution in [-0.4, -0.2) is 37.2 Å².